The Morgan fingerprint density at radius 2 is 2.24 bits per heavy atom. The van der Waals surface area contributed by atoms with E-state index in [0.717, 1.165) is 16.8 Å². The first kappa shape index (κ1) is 17.6. The van der Waals surface area contributed by atoms with Crippen molar-refractivity contribution >= 4 is 5.91 Å². The molecule has 3 rings (SSSR count). The van der Waals surface area contributed by atoms with Crippen molar-refractivity contribution in [3.05, 3.63) is 47.1 Å². The Kier molecular flexibility index (Phi) is 5.15. The molecule has 1 aliphatic rings. The van der Waals surface area contributed by atoms with Gasteiger partial charge >= 0.3 is 0 Å². The lowest BCUT2D eigenvalue weighted by Crippen LogP contribution is -2.40. The van der Waals surface area contributed by atoms with Gasteiger partial charge in [-0.2, -0.15) is 0 Å². The number of hydrogen-bond donors (Lipinski definition) is 1. The van der Waals surface area contributed by atoms with Crippen LogP contribution in [0.4, 0.5) is 0 Å². The molecule has 7 nitrogen and oxygen atoms in total. The van der Waals surface area contributed by atoms with Crippen molar-refractivity contribution in [2.24, 2.45) is 0 Å². The number of likely N-dealkylation sites (N-methyl/N-ethyl adjacent to an activating group) is 1. The smallest absolute Gasteiger partial charge is 0.227 e. The normalized spacial score (nSPS) is 20.4. The van der Waals surface area contributed by atoms with Crippen molar-refractivity contribution in [1.29, 1.82) is 0 Å². The topological polar surface area (TPSA) is 82.7 Å². The van der Waals surface area contributed by atoms with Crippen LogP contribution in [0.1, 0.15) is 22.6 Å². The number of aromatic nitrogens is 2. The first-order valence-electron chi connectivity index (χ1n) is 8.42. The van der Waals surface area contributed by atoms with E-state index in [0.29, 0.717) is 25.4 Å². The molecule has 0 saturated carbocycles. The molecule has 1 fully saturated rings. The zero-order valence-electron chi connectivity index (χ0n) is 14.8. The van der Waals surface area contributed by atoms with Gasteiger partial charge in [-0.15, -0.1) is 0 Å². The lowest BCUT2D eigenvalue weighted by Gasteiger charge is -2.26. The summed E-state index contributed by atoms with van der Waals surface area (Å²) in [7, 11) is 1.96. The minimum absolute atomic E-state index is 0.00859. The lowest BCUT2D eigenvalue weighted by molar-refractivity contribution is -0.129. The number of aliphatic hydroxyl groups is 1. The zero-order chi connectivity index (χ0) is 18.0. The molecule has 3 heterocycles. The van der Waals surface area contributed by atoms with Crippen LogP contribution in [0.5, 0.6) is 0 Å². The Balaban J connectivity index is 1.61. The van der Waals surface area contributed by atoms with Gasteiger partial charge in [0.05, 0.1) is 24.3 Å². The molecule has 1 saturated heterocycles. The summed E-state index contributed by atoms with van der Waals surface area (Å²) in [6, 6.07) is 3.81. The van der Waals surface area contributed by atoms with Crippen LogP contribution in [0.3, 0.4) is 0 Å². The molecule has 0 bridgehead atoms. The molecule has 0 aliphatic carbocycles. The quantitative estimate of drug-likeness (QED) is 0.869. The molecule has 1 amide bonds. The molecule has 0 unspecified atom stereocenters. The first-order valence-corrected chi connectivity index (χ1v) is 8.42. The molecule has 2 atom stereocenters. The highest BCUT2D eigenvalue weighted by Crippen LogP contribution is 2.20. The van der Waals surface area contributed by atoms with Gasteiger partial charge in [0, 0.05) is 37.6 Å². The van der Waals surface area contributed by atoms with Gasteiger partial charge in [0.15, 0.2) is 0 Å². The Labute approximate surface area is 147 Å². The molecule has 134 valence electrons. The third-order valence-electron chi connectivity index (χ3n) is 4.84. The van der Waals surface area contributed by atoms with E-state index in [-0.39, 0.29) is 18.4 Å². The lowest BCUT2D eigenvalue weighted by atomic mass is 10.1. The molecule has 1 aliphatic heterocycles. The van der Waals surface area contributed by atoms with Gasteiger partial charge in [-0.3, -0.25) is 14.7 Å². The molecule has 1 N–H and O–H groups in total. The van der Waals surface area contributed by atoms with Gasteiger partial charge in [-0.25, -0.2) is 0 Å². The third-order valence-corrected chi connectivity index (χ3v) is 4.84. The summed E-state index contributed by atoms with van der Waals surface area (Å²) in [5.74, 6) is 0.668. The van der Waals surface area contributed by atoms with Gasteiger partial charge in [-0.05, 0) is 32.5 Å². The van der Waals surface area contributed by atoms with Crippen LogP contribution >= 0.6 is 0 Å². The van der Waals surface area contributed by atoms with Crippen LogP contribution in [-0.4, -0.2) is 63.2 Å². The van der Waals surface area contributed by atoms with Crippen LogP contribution in [0, 0.1) is 13.8 Å². The number of amides is 1. The van der Waals surface area contributed by atoms with E-state index < -0.39 is 6.10 Å². The number of aliphatic hydroxyl groups excluding tert-OH is 1. The van der Waals surface area contributed by atoms with Gasteiger partial charge in [-0.1, -0.05) is 11.2 Å². The molecule has 7 heteroatoms. The number of carbonyl (C=O) groups is 1. The Morgan fingerprint density at radius 1 is 1.44 bits per heavy atom. The van der Waals surface area contributed by atoms with Crippen molar-refractivity contribution in [3.8, 4) is 0 Å². The van der Waals surface area contributed by atoms with Gasteiger partial charge in [0.2, 0.25) is 5.91 Å². The summed E-state index contributed by atoms with van der Waals surface area (Å²) in [6.45, 7) is 5.19. The van der Waals surface area contributed by atoms with Crippen molar-refractivity contribution < 1.29 is 14.4 Å². The number of pyridine rings is 1. The summed E-state index contributed by atoms with van der Waals surface area (Å²) < 4.78 is 5.12. The molecular weight excluding hydrogens is 320 g/mol. The maximum absolute atomic E-state index is 12.6. The van der Waals surface area contributed by atoms with Gasteiger partial charge in [0.1, 0.15) is 5.76 Å². The highest BCUT2D eigenvalue weighted by molar-refractivity contribution is 5.79. The summed E-state index contributed by atoms with van der Waals surface area (Å²) >= 11 is 0. The molecule has 0 spiro atoms. The Hall–Kier alpha value is -2.25. The predicted molar refractivity (Wildman–Crippen MR) is 91.8 cm³/mol. The molecule has 0 aromatic carbocycles. The summed E-state index contributed by atoms with van der Waals surface area (Å²) in [4.78, 5) is 20.5. The van der Waals surface area contributed by atoms with E-state index in [1.54, 1.807) is 11.1 Å². The summed E-state index contributed by atoms with van der Waals surface area (Å²) in [6.07, 6.45) is 3.25. The SMILES string of the molecule is Cc1noc(C)c1CC(=O)N1C[C@H](O)[C@@H](N(C)Cc2cccnc2)C1. The number of β-amino-alcohol motifs (C(OH)–C–C–N with tert-alkyl or cyclic N) is 1. The molecule has 25 heavy (non-hydrogen) atoms. The van der Waals surface area contributed by atoms with E-state index >= 15 is 0 Å². The highest BCUT2D eigenvalue weighted by Gasteiger charge is 2.36. The van der Waals surface area contributed by atoms with Gasteiger partial charge in [0.25, 0.3) is 0 Å². The van der Waals surface area contributed by atoms with E-state index in [2.05, 4.69) is 15.0 Å². The van der Waals surface area contributed by atoms with Crippen molar-refractivity contribution in [1.82, 2.24) is 19.9 Å². The number of likely N-dealkylation sites (tertiary alicyclic amines) is 1. The highest BCUT2D eigenvalue weighted by atomic mass is 16.5. The van der Waals surface area contributed by atoms with E-state index in [1.807, 2.05) is 39.2 Å². The van der Waals surface area contributed by atoms with Crippen LogP contribution < -0.4 is 0 Å². The second-order valence-corrected chi connectivity index (χ2v) is 6.69. The largest absolute Gasteiger partial charge is 0.390 e. The third kappa shape index (κ3) is 3.88. The van der Waals surface area contributed by atoms with Crippen molar-refractivity contribution in [3.63, 3.8) is 0 Å². The Morgan fingerprint density at radius 3 is 2.88 bits per heavy atom. The fourth-order valence-electron chi connectivity index (χ4n) is 3.32. The number of hydrogen-bond acceptors (Lipinski definition) is 6. The number of rotatable bonds is 5. The summed E-state index contributed by atoms with van der Waals surface area (Å²) in [5, 5.41) is 14.3. The van der Waals surface area contributed by atoms with Crippen molar-refractivity contribution in [2.75, 3.05) is 20.1 Å². The van der Waals surface area contributed by atoms with E-state index in [1.165, 1.54) is 0 Å². The second-order valence-electron chi connectivity index (χ2n) is 6.69. The minimum atomic E-state index is -0.560. The Bertz CT molecular complexity index is 712. The summed E-state index contributed by atoms with van der Waals surface area (Å²) in [5.41, 5.74) is 2.67. The molecule has 0 radical (unpaired) electrons. The average Bonchev–Trinajstić information content (AvgIpc) is 3.13. The number of nitrogens with zero attached hydrogens (tertiary/aromatic N) is 4. The molecule has 2 aromatic heterocycles. The predicted octanol–water partition coefficient (Wildman–Crippen LogP) is 0.933. The van der Waals surface area contributed by atoms with E-state index in [4.69, 9.17) is 4.52 Å². The maximum atomic E-state index is 12.6. The van der Waals surface area contributed by atoms with Crippen LogP contribution in [-0.2, 0) is 17.8 Å². The fraction of sp³-hybridized carbons (Fsp3) is 0.500. The average molecular weight is 344 g/mol. The van der Waals surface area contributed by atoms with Gasteiger partial charge < -0.3 is 14.5 Å². The van der Waals surface area contributed by atoms with Crippen LogP contribution in [0.15, 0.2) is 29.0 Å². The molecule has 2 aromatic rings. The fourth-order valence-corrected chi connectivity index (χ4v) is 3.32. The first-order chi connectivity index (χ1) is 12.0. The standard InChI is InChI=1S/C18H24N4O3/c1-12-15(13(2)25-20-12)7-18(24)22-10-16(17(23)11-22)21(3)9-14-5-4-6-19-8-14/h4-6,8,16-17,23H,7,9-11H2,1-3H3/t16-,17-/m0/s1. The van der Waals surface area contributed by atoms with Crippen LogP contribution in [0.25, 0.3) is 0 Å². The molecular formula is C18H24N4O3. The second kappa shape index (κ2) is 7.33. The van der Waals surface area contributed by atoms with Crippen molar-refractivity contribution in [2.45, 2.75) is 39.0 Å². The van der Waals surface area contributed by atoms with Crippen LogP contribution in [0.2, 0.25) is 0 Å². The zero-order valence-corrected chi connectivity index (χ0v) is 14.8. The number of carbonyl (C=O) groups excluding carboxylic acids is 1. The number of aryl methyl sites for hydroxylation is 2. The van der Waals surface area contributed by atoms with E-state index in [9.17, 15) is 9.90 Å². The maximum Gasteiger partial charge on any atom is 0.227 e. The minimum Gasteiger partial charge on any atom is -0.390 e. The monoisotopic (exact) mass is 344 g/mol.